The van der Waals surface area contributed by atoms with E-state index in [9.17, 15) is 4.79 Å². The molecule has 7 heteroatoms. The van der Waals surface area contributed by atoms with Gasteiger partial charge in [-0.2, -0.15) is 0 Å². The van der Waals surface area contributed by atoms with E-state index < -0.39 is 0 Å². The first-order chi connectivity index (χ1) is 12.2. The molecule has 3 rings (SSSR count). The van der Waals surface area contributed by atoms with Gasteiger partial charge in [-0.3, -0.25) is 4.79 Å². The third-order valence-electron chi connectivity index (χ3n) is 3.66. The predicted octanol–water partition coefficient (Wildman–Crippen LogP) is 3.74. The monoisotopic (exact) mass is 356 g/mol. The normalized spacial score (nSPS) is 12.1. The molecule has 2 aromatic heterocycles. The third kappa shape index (κ3) is 4.51. The molecule has 1 amide bonds. The van der Waals surface area contributed by atoms with E-state index in [2.05, 4.69) is 32.2 Å². The maximum Gasteiger partial charge on any atom is 0.239 e. The number of carbonyl (C=O) groups is 1. The number of amides is 1. The lowest BCUT2D eigenvalue weighted by atomic mass is 10.2. The van der Waals surface area contributed by atoms with Crippen molar-refractivity contribution in [3.63, 3.8) is 0 Å². The highest BCUT2D eigenvalue weighted by Crippen LogP contribution is 2.26. The molecule has 130 valence electrons. The van der Waals surface area contributed by atoms with Crippen molar-refractivity contribution in [2.75, 3.05) is 5.32 Å². The molecule has 0 aliphatic rings. The summed E-state index contributed by atoms with van der Waals surface area (Å²) in [5.41, 5.74) is 1.19. The average molecular weight is 356 g/mol. The van der Waals surface area contributed by atoms with Crippen LogP contribution < -0.4 is 5.32 Å². The van der Waals surface area contributed by atoms with Crippen molar-refractivity contribution in [1.29, 1.82) is 0 Å². The van der Waals surface area contributed by atoms with Gasteiger partial charge in [0.25, 0.3) is 0 Å². The van der Waals surface area contributed by atoms with Crippen LogP contribution in [0.1, 0.15) is 24.7 Å². The highest BCUT2D eigenvalue weighted by Gasteiger charge is 2.21. The minimum Gasteiger partial charge on any atom is -0.360 e. The standard InChI is InChI=1S/C18H20N4O2S/c1-3-15(17(23)20-16-11-13(2)24-21-16)25-18-19-9-10-22(18)12-14-7-5-4-6-8-14/h4-11,15H,3,12H2,1-2H3,(H,20,21,23)/t15-/m1/s1. The summed E-state index contributed by atoms with van der Waals surface area (Å²) in [6, 6.07) is 11.9. The fourth-order valence-corrected chi connectivity index (χ4v) is 3.37. The van der Waals surface area contributed by atoms with E-state index in [0.29, 0.717) is 18.0 Å². The SMILES string of the molecule is CC[C@@H](Sc1nccn1Cc1ccccc1)C(=O)Nc1cc(C)on1. The second-order valence-electron chi connectivity index (χ2n) is 5.65. The number of hydrogen-bond acceptors (Lipinski definition) is 5. The second-order valence-corrected chi connectivity index (χ2v) is 6.82. The molecule has 25 heavy (non-hydrogen) atoms. The maximum absolute atomic E-state index is 12.5. The van der Waals surface area contributed by atoms with Gasteiger partial charge in [0.1, 0.15) is 5.76 Å². The number of aromatic nitrogens is 3. The topological polar surface area (TPSA) is 73.0 Å². The van der Waals surface area contributed by atoms with E-state index in [1.807, 2.05) is 31.3 Å². The molecular formula is C18H20N4O2S. The Bertz CT molecular complexity index is 828. The van der Waals surface area contributed by atoms with Crippen molar-refractivity contribution in [3.05, 3.63) is 60.1 Å². The minimum absolute atomic E-state index is 0.102. The fourth-order valence-electron chi connectivity index (χ4n) is 2.40. The quantitative estimate of drug-likeness (QED) is 0.653. The van der Waals surface area contributed by atoms with Crippen molar-refractivity contribution in [3.8, 4) is 0 Å². The molecule has 0 saturated carbocycles. The number of carbonyl (C=O) groups excluding carboxylic acids is 1. The van der Waals surface area contributed by atoms with E-state index in [1.54, 1.807) is 19.2 Å². The van der Waals surface area contributed by atoms with Crippen molar-refractivity contribution >= 4 is 23.5 Å². The molecule has 0 spiro atoms. The molecule has 1 atom stereocenters. The van der Waals surface area contributed by atoms with Gasteiger partial charge in [-0.05, 0) is 18.9 Å². The summed E-state index contributed by atoms with van der Waals surface area (Å²) in [4.78, 5) is 16.9. The average Bonchev–Trinajstić information content (AvgIpc) is 3.22. The Morgan fingerprint density at radius 3 is 2.84 bits per heavy atom. The van der Waals surface area contributed by atoms with E-state index in [1.165, 1.54) is 17.3 Å². The number of thioether (sulfide) groups is 1. The predicted molar refractivity (Wildman–Crippen MR) is 97.6 cm³/mol. The van der Waals surface area contributed by atoms with Crippen LogP contribution in [-0.4, -0.2) is 25.9 Å². The molecule has 1 N–H and O–H groups in total. The number of benzene rings is 1. The Hall–Kier alpha value is -2.54. The van der Waals surface area contributed by atoms with Gasteiger partial charge in [0.05, 0.1) is 5.25 Å². The van der Waals surface area contributed by atoms with Gasteiger partial charge in [-0.15, -0.1) is 0 Å². The van der Waals surface area contributed by atoms with Gasteiger partial charge in [0, 0.05) is 25.0 Å². The largest absolute Gasteiger partial charge is 0.360 e. The van der Waals surface area contributed by atoms with Gasteiger partial charge in [-0.25, -0.2) is 4.98 Å². The van der Waals surface area contributed by atoms with Crippen LogP contribution in [0.2, 0.25) is 0 Å². The summed E-state index contributed by atoms with van der Waals surface area (Å²) >= 11 is 1.46. The molecular weight excluding hydrogens is 336 g/mol. The number of hydrogen-bond donors (Lipinski definition) is 1. The Balaban J connectivity index is 1.67. The summed E-state index contributed by atoms with van der Waals surface area (Å²) in [5.74, 6) is 0.999. The number of nitrogens with zero attached hydrogens (tertiary/aromatic N) is 3. The zero-order chi connectivity index (χ0) is 17.6. The fraction of sp³-hybridized carbons (Fsp3) is 0.278. The molecule has 0 fully saturated rings. The molecule has 0 aliphatic heterocycles. The number of nitrogens with one attached hydrogen (secondary N) is 1. The molecule has 0 radical (unpaired) electrons. The summed E-state index contributed by atoms with van der Waals surface area (Å²) in [7, 11) is 0. The minimum atomic E-state index is -0.256. The van der Waals surface area contributed by atoms with Crippen molar-refractivity contribution < 1.29 is 9.32 Å². The van der Waals surface area contributed by atoms with Crippen LogP contribution in [0.15, 0.2) is 58.5 Å². The number of rotatable bonds is 7. The van der Waals surface area contributed by atoms with Gasteiger partial charge in [0.2, 0.25) is 5.91 Å². The first kappa shape index (κ1) is 17.3. The van der Waals surface area contributed by atoms with Crippen LogP contribution in [0.4, 0.5) is 5.82 Å². The van der Waals surface area contributed by atoms with E-state index >= 15 is 0 Å². The van der Waals surface area contributed by atoms with Gasteiger partial charge < -0.3 is 14.4 Å². The summed E-state index contributed by atoms with van der Waals surface area (Å²) in [5, 5.41) is 7.17. The Labute approximate surface area is 150 Å². The number of imidazole rings is 1. The number of anilines is 1. The lowest BCUT2D eigenvalue weighted by Crippen LogP contribution is -2.25. The van der Waals surface area contributed by atoms with E-state index in [-0.39, 0.29) is 11.2 Å². The maximum atomic E-state index is 12.5. The molecule has 0 unspecified atom stereocenters. The van der Waals surface area contributed by atoms with Crippen LogP contribution in [0.5, 0.6) is 0 Å². The molecule has 0 saturated heterocycles. The van der Waals surface area contributed by atoms with Crippen molar-refractivity contribution in [1.82, 2.24) is 14.7 Å². The van der Waals surface area contributed by atoms with Crippen LogP contribution in [0.3, 0.4) is 0 Å². The van der Waals surface area contributed by atoms with Gasteiger partial charge in [0.15, 0.2) is 11.0 Å². The highest BCUT2D eigenvalue weighted by atomic mass is 32.2. The molecule has 3 aromatic rings. The summed E-state index contributed by atoms with van der Waals surface area (Å²) in [6.07, 6.45) is 4.38. The van der Waals surface area contributed by atoms with Crippen LogP contribution in [0, 0.1) is 6.92 Å². The molecule has 6 nitrogen and oxygen atoms in total. The first-order valence-electron chi connectivity index (χ1n) is 8.11. The lowest BCUT2D eigenvalue weighted by molar-refractivity contribution is -0.115. The lowest BCUT2D eigenvalue weighted by Gasteiger charge is -2.14. The first-order valence-corrected chi connectivity index (χ1v) is 8.99. The van der Waals surface area contributed by atoms with Gasteiger partial charge in [-0.1, -0.05) is 54.2 Å². The van der Waals surface area contributed by atoms with E-state index in [4.69, 9.17) is 4.52 Å². The Kier molecular flexibility index (Phi) is 5.55. The second kappa shape index (κ2) is 8.02. The zero-order valence-electron chi connectivity index (χ0n) is 14.2. The Morgan fingerprint density at radius 1 is 1.36 bits per heavy atom. The molecule has 0 bridgehead atoms. The van der Waals surface area contributed by atoms with E-state index in [0.717, 1.165) is 11.7 Å². The van der Waals surface area contributed by atoms with Crippen LogP contribution in [0.25, 0.3) is 0 Å². The molecule has 2 heterocycles. The summed E-state index contributed by atoms with van der Waals surface area (Å²) < 4.78 is 7.03. The summed E-state index contributed by atoms with van der Waals surface area (Å²) in [6.45, 7) is 4.49. The molecule has 0 aliphatic carbocycles. The van der Waals surface area contributed by atoms with Crippen molar-refractivity contribution in [2.24, 2.45) is 0 Å². The van der Waals surface area contributed by atoms with Gasteiger partial charge >= 0.3 is 0 Å². The zero-order valence-corrected chi connectivity index (χ0v) is 15.0. The van der Waals surface area contributed by atoms with Crippen molar-refractivity contribution in [2.45, 2.75) is 37.2 Å². The smallest absolute Gasteiger partial charge is 0.239 e. The Morgan fingerprint density at radius 2 is 2.16 bits per heavy atom. The highest BCUT2D eigenvalue weighted by molar-refractivity contribution is 8.00. The number of aryl methyl sites for hydroxylation is 1. The molecule has 1 aromatic carbocycles. The van der Waals surface area contributed by atoms with Crippen LogP contribution in [-0.2, 0) is 11.3 Å². The van der Waals surface area contributed by atoms with Crippen LogP contribution >= 0.6 is 11.8 Å². The third-order valence-corrected chi connectivity index (χ3v) is 5.05.